The van der Waals surface area contributed by atoms with Gasteiger partial charge in [0.05, 0.1) is 10.5 Å². The minimum absolute atomic E-state index is 0.105. The largest absolute Gasteiger partial charge is 0.311 e. The Bertz CT molecular complexity index is 958. The van der Waals surface area contributed by atoms with Crippen molar-refractivity contribution in [3.8, 4) is 0 Å². The monoisotopic (exact) mass is 371 g/mol. The van der Waals surface area contributed by atoms with Gasteiger partial charge >= 0.3 is 0 Å². The van der Waals surface area contributed by atoms with E-state index in [1.807, 2.05) is 0 Å². The molecule has 1 aliphatic rings. The van der Waals surface area contributed by atoms with E-state index >= 15 is 0 Å². The minimum atomic E-state index is -0.884. The minimum Gasteiger partial charge on any atom is -0.311 e. The van der Waals surface area contributed by atoms with E-state index in [0.717, 1.165) is 6.07 Å². The van der Waals surface area contributed by atoms with Crippen LogP contribution in [0.2, 0.25) is 0 Å². The van der Waals surface area contributed by atoms with Crippen molar-refractivity contribution in [3.05, 3.63) is 69.5 Å². The molecule has 0 bridgehead atoms. The molecule has 0 aromatic heterocycles. The summed E-state index contributed by atoms with van der Waals surface area (Å²) in [4.78, 5) is 50.0. The summed E-state index contributed by atoms with van der Waals surface area (Å²) < 4.78 is 13.1. The van der Waals surface area contributed by atoms with Crippen molar-refractivity contribution in [1.29, 1.82) is 0 Å². The standard InChI is InChI=1S/C18H14FN3O5/c1-2-20(12-8-6-11(19)7-9-12)15(23)10-21-17(24)13-4-3-5-14(22(26)27)16(13)18(21)25/h3-9H,2,10H2,1H3. The maximum atomic E-state index is 13.1. The first kappa shape index (κ1) is 18.2. The molecule has 0 saturated heterocycles. The van der Waals surface area contributed by atoms with Crippen molar-refractivity contribution in [3.63, 3.8) is 0 Å². The average Bonchev–Trinajstić information content (AvgIpc) is 2.89. The van der Waals surface area contributed by atoms with Gasteiger partial charge in [0, 0.05) is 18.3 Å². The van der Waals surface area contributed by atoms with Crippen LogP contribution < -0.4 is 4.90 Å². The fourth-order valence-corrected chi connectivity index (χ4v) is 2.96. The normalized spacial score (nSPS) is 12.9. The molecule has 0 atom stereocenters. The lowest BCUT2D eigenvalue weighted by Gasteiger charge is -2.23. The van der Waals surface area contributed by atoms with Crippen molar-refractivity contribution in [2.45, 2.75) is 6.92 Å². The number of rotatable bonds is 5. The van der Waals surface area contributed by atoms with Crippen LogP contribution in [-0.2, 0) is 4.79 Å². The summed E-state index contributed by atoms with van der Waals surface area (Å²) >= 11 is 0. The number of amides is 3. The van der Waals surface area contributed by atoms with E-state index in [-0.39, 0.29) is 17.7 Å². The third-order valence-electron chi connectivity index (χ3n) is 4.22. The van der Waals surface area contributed by atoms with Crippen LogP contribution in [0.5, 0.6) is 0 Å². The van der Waals surface area contributed by atoms with Crippen molar-refractivity contribution >= 4 is 29.1 Å². The van der Waals surface area contributed by atoms with Crippen LogP contribution in [-0.4, -0.2) is 40.6 Å². The smallest absolute Gasteiger partial charge is 0.282 e. The van der Waals surface area contributed by atoms with Gasteiger partial charge in [0.25, 0.3) is 17.5 Å². The van der Waals surface area contributed by atoms with Crippen LogP contribution in [0.3, 0.4) is 0 Å². The van der Waals surface area contributed by atoms with E-state index in [1.165, 1.54) is 41.3 Å². The van der Waals surface area contributed by atoms with Crippen LogP contribution >= 0.6 is 0 Å². The van der Waals surface area contributed by atoms with Gasteiger partial charge in [-0.1, -0.05) is 6.07 Å². The Morgan fingerprint density at radius 1 is 1.15 bits per heavy atom. The van der Waals surface area contributed by atoms with Gasteiger partial charge < -0.3 is 4.90 Å². The number of nitro groups is 1. The fourth-order valence-electron chi connectivity index (χ4n) is 2.96. The molecule has 2 aromatic carbocycles. The van der Waals surface area contributed by atoms with Crippen molar-refractivity contribution < 1.29 is 23.7 Å². The second kappa shape index (κ2) is 6.94. The number of hydrogen-bond donors (Lipinski definition) is 0. The number of imide groups is 1. The number of nitro benzene ring substituents is 1. The highest BCUT2D eigenvalue weighted by Crippen LogP contribution is 2.30. The van der Waals surface area contributed by atoms with Gasteiger partial charge in [0.1, 0.15) is 17.9 Å². The topological polar surface area (TPSA) is 101 Å². The highest BCUT2D eigenvalue weighted by atomic mass is 19.1. The molecule has 8 nitrogen and oxygen atoms in total. The highest BCUT2D eigenvalue weighted by molar-refractivity contribution is 6.24. The molecular weight excluding hydrogens is 357 g/mol. The Labute approximate surface area is 152 Å². The Hall–Kier alpha value is -3.62. The lowest BCUT2D eigenvalue weighted by molar-refractivity contribution is -0.385. The first-order valence-corrected chi connectivity index (χ1v) is 8.04. The zero-order valence-corrected chi connectivity index (χ0v) is 14.2. The summed E-state index contributed by atoms with van der Waals surface area (Å²) in [6.07, 6.45) is 0. The molecule has 138 valence electrons. The van der Waals surface area contributed by atoms with E-state index in [2.05, 4.69) is 0 Å². The van der Waals surface area contributed by atoms with Crippen LogP contribution in [0.25, 0.3) is 0 Å². The molecule has 0 aliphatic carbocycles. The van der Waals surface area contributed by atoms with Crippen LogP contribution in [0, 0.1) is 15.9 Å². The number of hydrogen-bond acceptors (Lipinski definition) is 5. The molecule has 1 heterocycles. The number of nitrogens with zero attached hydrogens (tertiary/aromatic N) is 3. The maximum Gasteiger partial charge on any atom is 0.282 e. The summed E-state index contributed by atoms with van der Waals surface area (Å²) in [5.41, 5.74) is -0.491. The van der Waals surface area contributed by atoms with E-state index < -0.39 is 40.7 Å². The zero-order chi connectivity index (χ0) is 19.7. The van der Waals surface area contributed by atoms with E-state index in [4.69, 9.17) is 0 Å². The van der Waals surface area contributed by atoms with Gasteiger partial charge in [-0.2, -0.15) is 0 Å². The Kier molecular flexibility index (Phi) is 4.68. The lowest BCUT2D eigenvalue weighted by Crippen LogP contribution is -2.42. The van der Waals surface area contributed by atoms with Gasteiger partial charge in [-0.05, 0) is 37.3 Å². The first-order valence-electron chi connectivity index (χ1n) is 8.04. The number of benzene rings is 2. The molecule has 1 aliphatic heterocycles. The second-order valence-corrected chi connectivity index (χ2v) is 5.77. The number of carbonyl (C=O) groups excluding carboxylic acids is 3. The van der Waals surface area contributed by atoms with Crippen LogP contribution in [0.4, 0.5) is 15.8 Å². The van der Waals surface area contributed by atoms with Gasteiger partial charge in [0.2, 0.25) is 5.91 Å². The Morgan fingerprint density at radius 2 is 1.81 bits per heavy atom. The predicted molar refractivity (Wildman–Crippen MR) is 92.9 cm³/mol. The van der Waals surface area contributed by atoms with Crippen LogP contribution in [0.1, 0.15) is 27.6 Å². The number of fused-ring (bicyclic) bond motifs is 1. The Morgan fingerprint density at radius 3 is 2.41 bits per heavy atom. The summed E-state index contributed by atoms with van der Waals surface area (Å²) in [6.45, 7) is 1.34. The molecule has 0 fully saturated rings. The number of likely N-dealkylation sites (N-methyl/N-ethyl adjacent to an activating group) is 1. The third-order valence-corrected chi connectivity index (χ3v) is 4.22. The van der Waals surface area contributed by atoms with Crippen LogP contribution in [0.15, 0.2) is 42.5 Å². The summed E-state index contributed by atoms with van der Waals surface area (Å²) in [5, 5.41) is 11.1. The van der Waals surface area contributed by atoms with Gasteiger partial charge in [0.15, 0.2) is 0 Å². The molecule has 0 N–H and O–H groups in total. The second-order valence-electron chi connectivity index (χ2n) is 5.77. The number of anilines is 1. The van der Waals surface area contributed by atoms with Crippen molar-refractivity contribution in [2.75, 3.05) is 18.0 Å². The molecule has 2 aromatic rings. The molecule has 0 radical (unpaired) electrons. The fraction of sp³-hybridized carbons (Fsp3) is 0.167. The summed E-state index contributed by atoms with van der Waals surface area (Å²) in [5.74, 6) is -2.68. The van der Waals surface area contributed by atoms with E-state index in [1.54, 1.807) is 6.92 Å². The number of halogens is 1. The molecule has 0 unspecified atom stereocenters. The number of carbonyl (C=O) groups is 3. The van der Waals surface area contributed by atoms with Crippen molar-refractivity contribution in [1.82, 2.24) is 4.90 Å². The molecule has 0 saturated carbocycles. The Balaban J connectivity index is 1.87. The zero-order valence-electron chi connectivity index (χ0n) is 14.2. The van der Waals surface area contributed by atoms with Gasteiger partial charge in [-0.3, -0.25) is 29.4 Å². The molecule has 9 heteroatoms. The molecule has 3 rings (SSSR count). The summed E-state index contributed by atoms with van der Waals surface area (Å²) in [7, 11) is 0. The van der Waals surface area contributed by atoms with Crippen molar-refractivity contribution in [2.24, 2.45) is 0 Å². The summed E-state index contributed by atoms with van der Waals surface area (Å²) in [6, 6.07) is 8.95. The average molecular weight is 371 g/mol. The molecule has 0 spiro atoms. The quantitative estimate of drug-likeness (QED) is 0.456. The third kappa shape index (κ3) is 3.14. The van der Waals surface area contributed by atoms with Gasteiger partial charge in [-0.25, -0.2) is 4.39 Å². The molecular formula is C18H14FN3O5. The lowest BCUT2D eigenvalue weighted by atomic mass is 10.1. The maximum absolute atomic E-state index is 13.1. The molecule has 27 heavy (non-hydrogen) atoms. The SMILES string of the molecule is CCN(C(=O)CN1C(=O)c2cccc([N+](=O)[O-])c2C1=O)c1ccc(F)cc1. The highest BCUT2D eigenvalue weighted by Gasteiger charge is 2.42. The van der Waals surface area contributed by atoms with E-state index in [9.17, 15) is 28.9 Å². The van der Waals surface area contributed by atoms with Gasteiger partial charge in [-0.15, -0.1) is 0 Å². The molecule has 3 amide bonds. The van der Waals surface area contributed by atoms with E-state index in [0.29, 0.717) is 10.6 Å². The first-order chi connectivity index (χ1) is 12.8. The predicted octanol–water partition coefficient (Wildman–Crippen LogP) is 2.38.